The first-order valence-corrected chi connectivity index (χ1v) is 8.16. The van der Waals surface area contributed by atoms with Gasteiger partial charge in [-0.2, -0.15) is 15.0 Å². The first kappa shape index (κ1) is 15.4. The monoisotopic (exact) mass is 305 g/mol. The average Bonchev–Trinajstić information content (AvgIpc) is 2.53. The topological polar surface area (TPSA) is 60.4 Å². The van der Waals surface area contributed by atoms with Crippen LogP contribution in [0.5, 0.6) is 0 Å². The molecule has 4 rings (SSSR count). The summed E-state index contributed by atoms with van der Waals surface area (Å²) >= 11 is 0. The van der Waals surface area contributed by atoms with Crippen LogP contribution in [0.15, 0.2) is 0 Å². The number of aromatic nitrogens is 3. The fourth-order valence-corrected chi connectivity index (χ4v) is 3.05. The fourth-order valence-electron chi connectivity index (χ4n) is 3.05. The molecule has 122 valence electrons. The number of hydrogen-bond acceptors (Lipinski definition) is 7. The van der Waals surface area contributed by atoms with Crippen LogP contribution in [0.3, 0.4) is 0 Å². The molecule has 7 nitrogen and oxygen atoms in total. The molecule has 0 amide bonds. The number of nitrogens with one attached hydrogen (secondary N) is 1. The summed E-state index contributed by atoms with van der Waals surface area (Å²) in [4.78, 5) is 20.6. The predicted molar refractivity (Wildman–Crippen MR) is 88.5 cm³/mol. The molecular formula is C15H27N7. The van der Waals surface area contributed by atoms with Crippen LogP contribution in [0, 0.1) is 0 Å². The number of nitrogens with zero attached hydrogens (tertiary/aromatic N) is 6. The number of rotatable bonds is 5. The molecule has 4 heterocycles. The van der Waals surface area contributed by atoms with E-state index >= 15 is 0 Å². The Bertz CT molecular complexity index is 482. The lowest BCUT2D eigenvalue weighted by Gasteiger charge is -2.47. The summed E-state index contributed by atoms with van der Waals surface area (Å²) in [6.45, 7) is 11.1. The van der Waals surface area contributed by atoms with E-state index in [1.807, 2.05) is 19.0 Å². The Labute approximate surface area is 132 Å². The first-order chi connectivity index (χ1) is 10.5. The van der Waals surface area contributed by atoms with Crippen LogP contribution in [-0.2, 0) is 0 Å². The van der Waals surface area contributed by atoms with Gasteiger partial charge in [0.15, 0.2) is 0 Å². The van der Waals surface area contributed by atoms with Crippen molar-refractivity contribution in [3.05, 3.63) is 5.82 Å². The van der Waals surface area contributed by atoms with Crippen LogP contribution >= 0.6 is 0 Å². The van der Waals surface area contributed by atoms with Gasteiger partial charge < -0.3 is 10.2 Å². The summed E-state index contributed by atoms with van der Waals surface area (Å²) < 4.78 is 0. The van der Waals surface area contributed by atoms with Gasteiger partial charge in [-0.1, -0.05) is 13.8 Å². The highest BCUT2D eigenvalue weighted by atomic mass is 15.4. The minimum absolute atomic E-state index is 0.294. The number of fused-ring (bicyclic) bond motifs is 3. The molecular weight excluding hydrogens is 278 g/mol. The Morgan fingerprint density at radius 2 is 1.86 bits per heavy atom. The maximum atomic E-state index is 4.57. The largest absolute Gasteiger partial charge is 0.352 e. The highest BCUT2D eigenvalue weighted by molar-refractivity contribution is 5.36. The van der Waals surface area contributed by atoms with Crippen molar-refractivity contribution >= 4 is 11.9 Å². The fraction of sp³-hybridized carbons (Fsp3) is 0.800. The molecule has 0 saturated carbocycles. The van der Waals surface area contributed by atoms with Crippen molar-refractivity contribution in [1.29, 1.82) is 0 Å². The van der Waals surface area contributed by atoms with Gasteiger partial charge in [-0.05, 0) is 0 Å². The van der Waals surface area contributed by atoms with Crippen molar-refractivity contribution in [1.82, 2.24) is 24.8 Å². The van der Waals surface area contributed by atoms with Crippen LogP contribution < -0.4 is 10.2 Å². The minimum atomic E-state index is 0.294. The van der Waals surface area contributed by atoms with Gasteiger partial charge in [0.25, 0.3) is 0 Å². The second kappa shape index (κ2) is 6.34. The molecule has 1 unspecified atom stereocenters. The van der Waals surface area contributed by atoms with Crippen LogP contribution in [0.4, 0.5) is 11.9 Å². The maximum Gasteiger partial charge on any atom is 0.229 e. The van der Waals surface area contributed by atoms with Gasteiger partial charge in [-0.25, -0.2) is 0 Å². The van der Waals surface area contributed by atoms with Crippen LogP contribution in [0.25, 0.3) is 0 Å². The molecule has 1 aromatic heterocycles. The van der Waals surface area contributed by atoms with Gasteiger partial charge >= 0.3 is 0 Å². The van der Waals surface area contributed by atoms with E-state index in [-0.39, 0.29) is 0 Å². The third kappa shape index (κ3) is 3.30. The Hall–Kier alpha value is -1.47. The molecule has 3 aliphatic heterocycles. The summed E-state index contributed by atoms with van der Waals surface area (Å²) in [7, 11) is 3.92. The van der Waals surface area contributed by atoms with Gasteiger partial charge in [0.2, 0.25) is 11.9 Å². The zero-order valence-corrected chi connectivity index (χ0v) is 14.1. The molecule has 1 N–H and O–H groups in total. The summed E-state index contributed by atoms with van der Waals surface area (Å²) in [5.41, 5.74) is 0. The lowest BCUT2D eigenvalue weighted by Crippen LogP contribution is -2.62. The lowest BCUT2D eigenvalue weighted by atomic mass is 10.1. The van der Waals surface area contributed by atoms with Crippen molar-refractivity contribution in [3.63, 3.8) is 0 Å². The van der Waals surface area contributed by atoms with Crippen LogP contribution in [0.2, 0.25) is 0 Å². The lowest BCUT2D eigenvalue weighted by molar-refractivity contribution is 0.0189. The third-order valence-electron chi connectivity index (χ3n) is 4.45. The zero-order chi connectivity index (χ0) is 15.7. The predicted octanol–water partition coefficient (Wildman–Crippen LogP) is 0.473. The molecule has 0 radical (unpaired) electrons. The molecule has 0 aliphatic carbocycles. The minimum Gasteiger partial charge on any atom is -0.352 e. The molecule has 0 spiro atoms. The standard InChI is InChI=1S/C15H27N7/c1-11(2)13-17-14(19-15(18-13)20(3)4)16-9-12-10-21-5-7-22(12)8-6-21/h11-12H,5-10H2,1-4H3,(H,16,17,18,19). The zero-order valence-electron chi connectivity index (χ0n) is 14.1. The van der Waals surface area contributed by atoms with E-state index in [2.05, 4.69) is 43.9 Å². The van der Waals surface area contributed by atoms with E-state index in [4.69, 9.17) is 0 Å². The highest BCUT2D eigenvalue weighted by Gasteiger charge is 2.31. The van der Waals surface area contributed by atoms with Crippen molar-refractivity contribution in [3.8, 4) is 0 Å². The molecule has 0 aromatic carbocycles. The summed E-state index contributed by atoms with van der Waals surface area (Å²) in [5.74, 6) is 2.55. The first-order valence-electron chi connectivity index (χ1n) is 8.16. The van der Waals surface area contributed by atoms with E-state index in [1.54, 1.807) is 0 Å². The molecule has 2 bridgehead atoms. The quantitative estimate of drug-likeness (QED) is 0.848. The van der Waals surface area contributed by atoms with Gasteiger partial charge in [0.1, 0.15) is 5.82 Å². The third-order valence-corrected chi connectivity index (χ3v) is 4.45. The van der Waals surface area contributed by atoms with Gasteiger partial charge in [0, 0.05) is 65.3 Å². The molecule has 7 heteroatoms. The Kier molecular flexibility index (Phi) is 4.44. The average molecular weight is 305 g/mol. The van der Waals surface area contributed by atoms with E-state index in [9.17, 15) is 0 Å². The molecule has 3 aliphatic rings. The highest BCUT2D eigenvalue weighted by Crippen LogP contribution is 2.18. The molecule has 3 saturated heterocycles. The number of hydrogen-bond donors (Lipinski definition) is 1. The van der Waals surface area contributed by atoms with Crippen molar-refractivity contribution in [2.75, 3.05) is 63.6 Å². The van der Waals surface area contributed by atoms with Gasteiger partial charge in [-0.15, -0.1) is 0 Å². The Balaban J connectivity index is 1.69. The second-order valence-electron chi connectivity index (χ2n) is 6.74. The smallest absolute Gasteiger partial charge is 0.229 e. The van der Waals surface area contributed by atoms with E-state index < -0.39 is 0 Å². The molecule has 1 atom stereocenters. The van der Waals surface area contributed by atoms with E-state index in [0.29, 0.717) is 17.9 Å². The molecule has 3 fully saturated rings. The van der Waals surface area contributed by atoms with Gasteiger partial charge in [-0.3, -0.25) is 9.80 Å². The van der Waals surface area contributed by atoms with Gasteiger partial charge in [0.05, 0.1) is 0 Å². The van der Waals surface area contributed by atoms with E-state index in [0.717, 1.165) is 24.9 Å². The van der Waals surface area contributed by atoms with Crippen LogP contribution in [-0.4, -0.2) is 84.2 Å². The summed E-state index contributed by atoms with van der Waals surface area (Å²) in [5, 5.41) is 3.43. The van der Waals surface area contributed by atoms with Crippen molar-refractivity contribution in [2.24, 2.45) is 0 Å². The Morgan fingerprint density at radius 3 is 2.41 bits per heavy atom. The molecule has 22 heavy (non-hydrogen) atoms. The maximum absolute atomic E-state index is 4.57. The summed E-state index contributed by atoms with van der Waals surface area (Å²) in [6.07, 6.45) is 0. The Morgan fingerprint density at radius 1 is 1.14 bits per heavy atom. The van der Waals surface area contributed by atoms with Crippen molar-refractivity contribution in [2.45, 2.75) is 25.8 Å². The normalized spacial score (nSPS) is 27.2. The van der Waals surface area contributed by atoms with Crippen LogP contribution in [0.1, 0.15) is 25.6 Å². The molecule has 1 aromatic rings. The SMILES string of the molecule is CC(C)c1nc(NCC2CN3CCN2CC3)nc(N(C)C)n1. The summed E-state index contributed by atoms with van der Waals surface area (Å²) in [6, 6.07) is 0.560. The van der Waals surface area contributed by atoms with E-state index in [1.165, 1.54) is 26.2 Å². The van der Waals surface area contributed by atoms with Crippen molar-refractivity contribution < 1.29 is 0 Å². The number of anilines is 2. The second-order valence-corrected chi connectivity index (χ2v) is 6.74. The number of piperazine rings is 3.